The molecule has 0 radical (unpaired) electrons. The van der Waals surface area contributed by atoms with Crippen molar-refractivity contribution < 1.29 is 58.5 Å². The molecule has 4 aliphatic rings. The van der Waals surface area contributed by atoms with E-state index in [0.717, 1.165) is 56.9 Å². The Morgan fingerprint density at radius 3 is 1.58 bits per heavy atom. The number of para-hydroxylation sites is 2. The van der Waals surface area contributed by atoms with Crippen molar-refractivity contribution in [3.8, 4) is 23.0 Å². The van der Waals surface area contributed by atoms with Gasteiger partial charge < -0.3 is 53.6 Å². The van der Waals surface area contributed by atoms with Gasteiger partial charge in [0.25, 0.3) is 11.8 Å². The number of primary amides is 2. The maximum atomic E-state index is 12.0. The smallest absolute Gasteiger partial charge is 0.407 e. The molecular formula is C39H49N4O8Pd-. The third-order valence-corrected chi connectivity index (χ3v) is 10.4. The van der Waals surface area contributed by atoms with Crippen molar-refractivity contribution in [3.63, 3.8) is 0 Å². The van der Waals surface area contributed by atoms with E-state index in [0.29, 0.717) is 45.6 Å². The molecular weight excluding hydrogens is 759 g/mol. The molecule has 0 aromatic heterocycles. The van der Waals surface area contributed by atoms with Gasteiger partial charge in [-0.1, -0.05) is 42.5 Å². The van der Waals surface area contributed by atoms with Gasteiger partial charge >= 0.3 is 6.09 Å². The molecule has 0 heterocycles. The monoisotopic (exact) mass is 807 g/mol. The molecule has 0 aliphatic heterocycles. The van der Waals surface area contributed by atoms with E-state index in [4.69, 9.17) is 40.9 Å². The molecule has 12 nitrogen and oxygen atoms in total. The number of rotatable bonds is 11. The van der Waals surface area contributed by atoms with Crippen LogP contribution in [0.4, 0.5) is 4.79 Å². The first-order valence-electron chi connectivity index (χ1n) is 17.0. The van der Waals surface area contributed by atoms with Crippen molar-refractivity contribution in [1.82, 2.24) is 5.32 Å². The molecule has 7 rings (SSSR count). The number of carbonyl (C=O) groups excluding carboxylic acids is 3. The Morgan fingerprint density at radius 1 is 0.692 bits per heavy atom. The zero-order valence-electron chi connectivity index (χ0n) is 29.8. The van der Waals surface area contributed by atoms with Crippen molar-refractivity contribution in [3.05, 3.63) is 90.8 Å². The van der Waals surface area contributed by atoms with E-state index in [1.54, 1.807) is 43.5 Å². The van der Waals surface area contributed by atoms with Gasteiger partial charge in [-0.25, -0.2) is 4.79 Å². The minimum absolute atomic E-state index is 0. The Labute approximate surface area is 319 Å². The fraction of sp³-hybridized carbons (Fsp3) is 0.436. The summed E-state index contributed by atoms with van der Waals surface area (Å²) in [5.74, 6) is 0.879. The average Bonchev–Trinajstić information content (AvgIpc) is 3.04. The van der Waals surface area contributed by atoms with Crippen molar-refractivity contribution in [2.75, 3.05) is 14.2 Å². The number of benzene rings is 3. The fourth-order valence-electron chi connectivity index (χ4n) is 8.03. The summed E-state index contributed by atoms with van der Waals surface area (Å²) in [5.41, 5.74) is 18.9. The third kappa shape index (κ3) is 9.00. The van der Waals surface area contributed by atoms with Crippen LogP contribution >= 0.6 is 0 Å². The molecule has 13 heteroatoms. The molecule has 0 unspecified atom stereocenters. The van der Waals surface area contributed by atoms with E-state index in [9.17, 15) is 14.4 Å². The van der Waals surface area contributed by atoms with Gasteiger partial charge in [0, 0.05) is 32.5 Å². The molecule has 3 amide bonds. The average molecular weight is 808 g/mol. The number of ether oxygens (including phenoxy) is 5. The Balaban J connectivity index is 0.000000241. The third-order valence-electron chi connectivity index (χ3n) is 10.4. The minimum Gasteiger partial charge on any atom is -0.493 e. The molecule has 52 heavy (non-hydrogen) atoms. The van der Waals surface area contributed by atoms with Gasteiger partial charge in [0.1, 0.15) is 18.8 Å². The van der Waals surface area contributed by atoms with E-state index >= 15 is 0 Å². The van der Waals surface area contributed by atoms with Crippen LogP contribution in [0, 0.1) is 18.3 Å². The largest absolute Gasteiger partial charge is 0.493 e. The number of alkyl carbamates (subject to hydrolysis) is 1. The summed E-state index contributed by atoms with van der Waals surface area (Å²) < 4.78 is 27.9. The topological polar surface area (TPSA) is 187 Å². The van der Waals surface area contributed by atoms with Gasteiger partial charge in [-0.3, -0.25) is 9.59 Å². The van der Waals surface area contributed by atoms with E-state index in [-0.39, 0.29) is 64.2 Å². The standard InChI is InChI=1S/C23H26N2O5.C15H20N2O3.CH3.Pd/c1-28-19-9-5-8-18(21(24)26)20(19)30-17-12-23(13-17)10-16(11-23)25-22(27)29-14-15-6-3-2-4-7-15;1-19-12-4-2-3-11(14(17)18)13(12)20-10-7-15(8-10)5-9(16)6-15;;/h2-9,16-17H,10-14H2,1H3,(H2,24,26)(H,25,27);2-4,9-10H,5-8,16H2,1H3,(H2,17,18);1H3;/q;;-1;. The maximum absolute atomic E-state index is 12.0. The van der Waals surface area contributed by atoms with Crippen molar-refractivity contribution in [1.29, 1.82) is 0 Å². The summed E-state index contributed by atoms with van der Waals surface area (Å²) in [4.78, 5) is 35.2. The first-order valence-corrected chi connectivity index (χ1v) is 17.0. The summed E-state index contributed by atoms with van der Waals surface area (Å²) in [6, 6.07) is 20.4. The maximum Gasteiger partial charge on any atom is 0.407 e. The zero-order valence-corrected chi connectivity index (χ0v) is 31.4. The molecule has 0 saturated heterocycles. The summed E-state index contributed by atoms with van der Waals surface area (Å²) in [5, 5.41) is 2.93. The minimum atomic E-state index is -0.542. The van der Waals surface area contributed by atoms with Crippen LogP contribution in [0.15, 0.2) is 66.7 Å². The second-order valence-corrected chi connectivity index (χ2v) is 14.2. The predicted molar refractivity (Wildman–Crippen MR) is 192 cm³/mol. The van der Waals surface area contributed by atoms with Gasteiger partial charge in [-0.15, -0.1) is 0 Å². The Kier molecular flexibility index (Phi) is 13.2. The Hall–Kier alpha value is -4.31. The Morgan fingerprint density at radius 2 is 1.15 bits per heavy atom. The van der Waals surface area contributed by atoms with Crippen LogP contribution in [0.5, 0.6) is 23.0 Å². The van der Waals surface area contributed by atoms with E-state index in [1.807, 2.05) is 30.3 Å². The second kappa shape index (κ2) is 17.0. The van der Waals surface area contributed by atoms with Crippen molar-refractivity contribution >= 4 is 17.9 Å². The summed E-state index contributed by atoms with van der Waals surface area (Å²) >= 11 is 0. The van der Waals surface area contributed by atoms with Gasteiger partial charge in [-0.05, 0) is 92.0 Å². The van der Waals surface area contributed by atoms with Crippen LogP contribution in [0.2, 0.25) is 0 Å². The summed E-state index contributed by atoms with van der Waals surface area (Å²) in [6.45, 7) is 0.265. The van der Waals surface area contributed by atoms with Crippen molar-refractivity contribution in [2.24, 2.45) is 28.0 Å². The molecule has 7 N–H and O–H groups in total. The van der Waals surface area contributed by atoms with Crippen LogP contribution < -0.4 is 41.5 Å². The van der Waals surface area contributed by atoms with E-state index in [2.05, 4.69) is 5.32 Å². The SMILES string of the molecule is COc1cccc(C(N)=O)c1OC1CC2(CC(N)C2)C1.COc1cccc(C(N)=O)c1OC1CC2(CC(NC(=O)OCc3ccccc3)C2)C1.[CH3-].[Pd]. The molecule has 4 fully saturated rings. The first-order chi connectivity index (χ1) is 24.0. The number of methoxy groups -OCH3 is 2. The zero-order chi connectivity index (χ0) is 35.5. The van der Waals surface area contributed by atoms with Crippen LogP contribution in [-0.2, 0) is 31.8 Å². The normalized spacial score (nSPS) is 26.1. The number of nitrogens with two attached hydrogens (primary N) is 3. The van der Waals surface area contributed by atoms with Crippen molar-refractivity contribution in [2.45, 2.75) is 82.3 Å². The van der Waals surface area contributed by atoms with Crippen LogP contribution in [0.1, 0.15) is 77.6 Å². The van der Waals surface area contributed by atoms with Gasteiger partial charge in [0.2, 0.25) is 0 Å². The van der Waals surface area contributed by atoms with Gasteiger partial charge in [0.15, 0.2) is 23.0 Å². The summed E-state index contributed by atoms with van der Waals surface area (Å²) in [6.07, 6.45) is 7.47. The molecule has 2 spiro atoms. The molecule has 0 atom stereocenters. The molecule has 4 saturated carbocycles. The molecule has 0 bridgehead atoms. The molecule has 3 aromatic rings. The van der Waals surface area contributed by atoms with E-state index < -0.39 is 11.8 Å². The first kappa shape index (κ1) is 40.5. The number of hydrogen-bond acceptors (Lipinski definition) is 9. The van der Waals surface area contributed by atoms with Gasteiger partial charge in [0.05, 0.1) is 25.3 Å². The summed E-state index contributed by atoms with van der Waals surface area (Å²) in [7, 11) is 3.09. The Bertz CT molecular complexity index is 1700. The number of hydrogen-bond donors (Lipinski definition) is 4. The predicted octanol–water partition coefficient (Wildman–Crippen LogP) is 5.30. The number of amides is 3. The molecule has 4 aliphatic carbocycles. The van der Waals surface area contributed by atoms with Crippen LogP contribution in [0.3, 0.4) is 0 Å². The number of nitrogens with one attached hydrogen (secondary N) is 1. The van der Waals surface area contributed by atoms with E-state index in [1.165, 1.54) is 7.11 Å². The van der Waals surface area contributed by atoms with Crippen LogP contribution in [-0.4, -0.2) is 56.4 Å². The molecule has 3 aromatic carbocycles. The quantitative estimate of drug-likeness (QED) is 0.147. The number of carbonyl (C=O) groups is 3. The molecule has 284 valence electrons. The second-order valence-electron chi connectivity index (χ2n) is 14.2. The van der Waals surface area contributed by atoms with Gasteiger partial charge in [-0.2, -0.15) is 0 Å². The fourth-order valence-corrected chi connectivity index (χ4v) is 8.03. The van der Waals surface area contributed by atoms with Crippen LogP contribution in [0.25, 0.3) is 0 Å².